The molecule has 7 heteroatoms. The van der Waals surface area contributed by atoms with Crippen molar-refractivity contribution in [2.24, 2.45) is 10.9 Å². The fourth-order valence-electron chi connectivity index (χ4n) is 2.63. The summed E-state index contributed by atoms with van der Waals surface area (Å²) in [5.41, 5.74) is 1.87. The van der Waals surface area contributed by atoms with Crippen LogP contribution < -0.4 is 10.2 Å². The van der Waals surface area contributed by atoms with E-state index in [1.807, 2.05) is 7.05 Å². The number of carbonyl (C=O) groups excluding carboxylic acids is 1. The number of nitrogens with zero attached hydrogens (tertiary/aromatic N) is 3. The van der Waals surface area contributed by atoms with Gasteiger partial charge in [0.15, 0.2) is 17.9 Å². The number of halogens is 1. The van der Waals surface area contributed by atoms with Crippen molar-refractivity contribution in [1.29, 1.82) is 0 Å². The van der Waals surface area contributed by atoms with E-state index < -0.39 is 0 Å². The summed E-state index contributed by atoms with van der Waals surface area (Å²) < 4.78 is 0. The molecule has 0 aliphatic heterocycles. The number of amidine groups is 1. The lowest BCUT2D eigenvalue weighted by Crippen LogP contribution is -2.31. The number of aldehydes is 1. The molecule has 1 fully saturated rings. The Balaban J connectivity index is 2.16. The van der Waals surface area contributed by atoms with Crippen LogP contribution in [0.1, 0.15) is 40.5 Å². The molecule has 2 rings (SSSR count). The van der Waals surface area contributed by atoms with Gasteiger partial charge in [-0.3, -0.25) is 4.79 Å². The molecule has 1 atom stereocenters. The minimum atomic E-state index is 0.245. The highest BCUT2D eigenvalue weighted by Gasteiger charge is 2.32. The average molecular weight is 421 g/mol. The molecule has 1 heterocycles. The third-order valence-corrected chi connectivity index (χ3v) is 6.25. The summed E-state index contributed by atoms with van der Waals surface area (Å²) >= 11 is 7.72. The van der Waals surface area contributed by atoms with E-state index in [2.05, 4.69) is 54.5 Å². The first-order valence-electron chi connectivity index (χ1n) is 9.39. The van der Waals surface area contributed by atoms with Crippen LogP contribution in [0.3, 0.4) is 0 Å². The molecule has 1 aliphatic carbocycles. The van der Waals surface area contributed by atoms with E-state index in [0.29, 0.717) is 41.4 Å². The SMILES string of the molecule is C=C(CN/C(C=O)=N/c1ccc(Cl)nc1N(C)C(C)C1CC1)SC(C)=C(C)C. The fraction of sp³-hybridized carbons (Fsp3) is 0.476. The number of hydrogen-bond donors (Lipinski definition) is 1. The largest absolute Gasteiger partial charge is 0.363 e. The van der Waals surface area contributed by atoms with Crippen molar-refractivity contribution in [3.63, 3.8) is 0 Å². The van der Waals surface area contributed by atoms with Gasteiger partial charge in [-0.15, -0.1) is 0 Å². The number of allylic oxidation sites excluding steroid dienone is 2. The standard InChI is InChI=1S/C21H29ClN4OS/c1-13(2)16(5)28-14(3)11-23-20(12-27)24-18-9-10-19(22)25-21(18)26(6)15(4)17-7-8-17/h9-10,12,15,17H,3,7-8,11H2,1-2,4-6H3,(H,23,24). The highest BCUT2D eigenvalue weighted by Crippen LogP contribution is 2.38. The second-order valence-corrected chi connectivity index (χ2v) is 9.11. The van der Waals surface area contributed by atoms with Crippen molar-refractivity contribution in [3.05, 3.63) is 39.2 Å². The Morgan fingerprint density at radius 1 is 1.46 bits per heavy atom. The van der Waals surface area contributed by atoms with Gasteiger partial charge in [0.05, 0.1) is 0 Å². The van der Waals surface area contributed by atoms with Crippen LogP contribution in [0.2, 0.25) is 5.15 Å². The van der Waals surface area contributed by atoms with Crippen LogP contribution in [0.5, 0.6) is 0 Å². The summed E-state index contributed by atoms with van der Waals surface area (Å²) in [6, 6.07) is 3.83. The lowest BCUT2D eigenvalue weighted by molar-refractivity contribution is -0.102. The third-order valence-electron chi connectivity index (χ3n) is 4.89. The molecule has 1 aromatic rings. The molecule has 0 spiro atoms. The van der Waals surface area contributed by atoms with Crippen molar-refractivity contribution in [3.8, 4) is 0 Å². The topological polar surface area (TPSA) is 57.6 Å². The molecule has 152 valence electrons. The Morgan fingerprint density at radius 3 is 2.71 bits per heavy atom. The Kier molecular flexibility index (Phi) is 8.13. The minimum Gasteiger partial charge on any atom is -0.363 e. The second kappa shape index (κ2) is 10.1. The number of thioether (sulfide) groups is 1. The summed E-state index contributed by atoms with van der Waals surface area (Å²) in [6.07, 6.45) is 3.18. The molecule has 1 unspecified atom stereocenters. The average Bonchev–Trinajstić information content (AvgIpc) is 3.49. The molecule has 0 aromatic carbocycles. The van der Waals surface area contributed by atoms with Crippen LogP contribution in [0, 0.1) is 5.92 Å². The van der Waals surface area contributed by atoms with Crippen molar-refractivity contribution in [2.75, 3.05) is 18.5 Å². The summed E-state index contributed by atoms with van der Waals surface area (Å²) in [7, 11) is 2.00. The highest BCUT2D eigenvalue weighted by atomic mass is 35.5. The van der Waals surface area contributed by atoms with Crippen LogP contribution in [0.15, 0.2) is 39.1 Å². The zero-order chi connectivity index (χ0) is 20.8. The zero-order valence-corrected chi connectivity index (χ0v) is 18.8. The van der Waals surface area contributed by atoms with Crippen LogP contribution in [-0.4, -0.2) is 36.7 Å². The van der Waals surface area contributed by atoms with E-state index in [9.17, 15) is 4.79 Å². The van der Waals surface area contributed by atoms with E-state index >= 15 is 0 Å². The molecule has 5 nitrogen and oxygen atoms in total. The zero-order valence-electron chi connectivity index (χ0n) is 17.3. The van der Waals surface area contributed by atoms with Gasteiger partial charge in [0.25, 0.3) is 0 Å². The van der Waals surface area contributed by atoms with E-state index in [1.165, 1.54) is 23.3 Å². The maximum absolute atomic E-state index is 11.6. The maximum atomic E-state index is 11.6. The number of carbonyl (C=O) groups is 1. The molecule has 0 amide bonds. The van der Waals surface area contributed by atoms with Crippen LogP contribution >= 0.6 is 23.4 Å². The summed E-state index contributed by atoms with van der Waals surface area (Å²) in [4.78, 5) is 24.7. The molecule has 0 bridgehead atoms. The van der Waals surface area contributed by atoms with Gasteiger partial charge in [0.1, 0.15) is 10.8 Å². The van der Waals surface area contributed by atoms with E-state index in [0.717, 1.165) is 4.91 Å². The Morgan fingerprint density at radius 2 is 2.14 bits per heavy atom. The lowest BCUT2D eigenvalue weighted by atomic mass is 10.2. The molecule has 0 radical (unpaired) electrons. The first-order chi connectivity index (χ1) is 13.2. The Labute approximate surface area is 177 Å². The molecule has 1 saturated carbocycles. The number of hydrogen-bond acceptors (Lipinski definition) is 5. The number of pyridine rings is 1. The molecular formula is C21H29ClN4OS. The summed E-state index contributed by atoms with van der Waals surface area (Å²) in [6.45, 7) is 12.9. The normalized spacial score (nSPS) is 15.0. The molecule has 28 heavy (non-hydrogen) atoms. The Bertz CT molecular complexity index is 798. The van der Waals surface area contributed by atoms with Gasteiger partial charge >= 0.3 is 0 Å². The minimum absolute atomic E-state index is 0.245. The quantitative estimate of drug-likeness (QED) is 0.252. The first-order valence-corrected chi connectivity index (χ1v) is 10.6. The predicted octanol–water partition coefficient (Wildman–Crippen LogP) is 5.35. The highest BCUT2D eigenvalue weighted by molar-refractivity contribution is 8.06. The van der Waals surface area contributed by atoms with Gasteiger partial charge in [-0.25, -0.2) is 9.98 Å². The van der Waals surface area contributed by atoms with Gasteiger partial charge in [0, 0.05) is 24.5 Å². The smallest absolute Gasteiger partial charge is 0.185 e. The lowest BCUT2D eigenvalue weighted by Gasteiger charge is -2.27. The van der Waals surface area contributed by atoms with Crippen molar-refractivity contribution >= 4 is 47.0 Å². The molecule has 1 N–H and O–H groups in total. The van der Waals surface area contributed by atoms with Crippen molar-refractivity contribution in [1.82, 2.24) is 10.3 Å². The second-order valence-electron chi connectivity index (χ2n) is 7.33. The number of nitrogens with one attached hydrogen (secondary N) is 1. The van der Waals surface area contributed by atoms with E-state index in [-0.39, 0.29) is 5.84 Å². The number of anilines is 1. The van der Waals surface area contributed by atoms with Gasteiger partial charge < -0.3 is 10.2 Å². The van der Waals surface area contributed by atoms with Crippen LogP contribution in [-0.2, 0) is 4.79 Å². The molecular weight excluding hydrogens is 392 g/mol. The molecule has 1 aliphatic rings. The molecule has 1 aromatic heterocycles. The Hall–Kier alpha value is -1.79. The van der Waals surface area contributed by atoms with Crippen molar-refractivity contribution in [2.45, 2.75) is 46.6 Å². The van der Waals surface area contributed by atoms with Gasteiger partial charge in [-0.05, 0) is 63.5 Å². The van der Waals surface area contributed by atoms with E-state index in [4.69, 9.17) is 11.6 Å². The monoisotopic (exact) mass is 420 g/mol. The van der Waals surface area contributed by atoms with Gasteiger partial charge in [-0.2, -0.15) is 0 Å². The maximum Gasteiger partial charge on any atom is 0.185 e. The first kappa shape index (κ1) is 22.5. The van der Waals surface area contributed by atoms with Gasteiger partial charge in [-0.1, -0.05) is 35.5 Å². The summed E-state index contributed by atoms with van der Waals surface area (Å²) in [5.74, 6) is 1.60. The summed E-state index contributed by atoms with van der Waals surface area (Å²) in [5, 5.41) is 3.48. The molecule has 0 saturated heterocycles. The van der Waals surface area contributed by atoms with Gasteiger partial charge in [0.2, 0.25) is 0 Å². The number of rotatable bonds is 9. The number of aromatic nitrogens is 1. The predicted molar refractivity (Wildman–Crippen MR) is 122 cm³/mol. The van der Waals surface area contributed by atoms with Crippen LogP contribution in [0.4, 0.5) is 11.5 Å². The van der Waals surface area contributed by atoms with Crippen LogP contribution in [0.25, 0.3) is 0 Å². The third kappa shape index (κ3) is 6.38. The van der Waals surface area contributed by atoms with E-state index in [1.54, 1.807) is 23.9 Å². The van der Waals surface area contributed by atoms with Crippen molar-refractivity contribution < 1.29 is 4.79 Å². The number of aliphatic imine (C=N–C) groups is 1. The fourth-order valence-corrected chi connectivity index (χ4v) is 3.56.